The van der Waals surface area contributed by atoms with Crippen molar-refractivity contribution in [3.8, 4) is 0 Å². The number of halogens is 4. The van der Waals surface area contributed by atoms with Crippen LogP contribution in [0.3, 0.4) is 0 Å². The SMILES string of the molecule is CC(F)(Cl)c1cccc(Cl)c1F. The number of hydrogen-bond donors (Lipinski definition) is 0. The number of rotatable bonds is 1. The highest BCUT2D eigenvalue weighted by Crippen LogP contribution is 2.33. The summed E-state index contributed by atoms with van der Waals surface area (Å²) in [5.74, 6) is -0.806. The molecule has 66 valence electrons. The minimum absolute atomic E-state index is 0.128. The van der Waals surface area contributed by atoms with E-state index in [9.17, 15) is 8.78 Å². The number of benzene rings is 1. The molecule has 0 aliphatic heterocycles. The second-order valence-electron chi connectivity index (χ2n) is 2.49. The molecule has 12 heavy (non-hydrogen) atoms. The van der Waals surface area contributed by atoms with Crippen molar-refractivity contribution in [2.75, 3.05) is 0 Å². The van der Waals surface area contributed by atoms with Crippen LogP contribution in [0, 0.1) is 5.82 Å². The van der Waals surface area contributed by atoms with E-state index < -0.39 is 10.9 Å². The van der Waals surface area contributed by atoms with E-state index in [1.165, 1.54) is 18.2 Å². The molecule has 0 aliphatic carbocycles. The Kier molecular flexibility index (Phi) is 2.59. The summed E-state index contributed by atoms with van der Waals surface area (Å²) in [5, 5.41) is -2.34. The van der Waals surface area contributed by atoms with Crippen LogP contribution in [0.4, 0.5) is 8.78 Å². The van der Waals surface area contributed by atoms with Gasteiger partial charge >= 0.3 is 0 Å². The lowest BCUT2D eigenvalue weighted by molar-refractivity contribution is 0.303. The van der Waals surface area contributed by atoms with Gasteiger partial charge in [0.05, 0.1) is 5.02 Å². The van der Waals surface area contributed by atoms with Crippen molar-refractivity contribution < 1.29 is 8.78 Å². The van der Waals surface area contributed by atoms with Crippen LogP contribution in [0.1, 0.15) is 12.5 Å². The molecule has 1 atom stereocenters. The summed E-state index contributed by atoms with van der Waals surface area (Å²) in [6.45, 7) is 1.06. The summed E-state index contributed by atoms with van der Waals surface area (Å²) >= 11 is 10.7. The Balaban J connectivity index is 3.26. The van der Waals surface area contributed by atoms with E-state index in [4.69, 9.17) is 23.2 Å². The van der Waals surface area contributed by atoms with Crippen molar-refractivity contribution in [2.24, 2.45) is 0 Å². The standard InChI is InChI=1S/C8H6Cl2F2/c1-8(10,12)5-3-2-4-6(9)7(5)11/h2-4H,1H3. The molecule has 0 N–H and O–H groups in total. The molecule has 0 saturated heterocycles. The van der Waals surface area contributed by atoms with Crippen LogP contribution in [-0.4, -0.2) is 0 Å². The van der Waals surface area contributed by atoms with Crippen LogP contribution >= 0.6 is 23.2 Å². The van der Waals surface area contributed by atoms with Crippen LogP contribution in [0.5, 0.6) is 0 Å². The minimum Gasteiger partial charge on any atom is -0.221 e. The summed E-state index contributed by atoms with van der Waals surface area (Å²) in [6, 6.07) is 4.04. The zero-order valence-electron chi connectivity index (χ0n) is 6.24. The molecule has 0 spiro atoms. The average Bonchev–Trinajstić information content (AvgIpc) is 1.92. The normalized spacial score (nSPS) is 15.8. The fourth-order valence-corrected chi connectivity index (χ4v) is 1.16. The summed E-state index contributed by atoms with van der Waals surface area (Å²) in [6.07, 6.45) is 0. The first kappa shape index (κ1) is 9.75. The molecule has 1 rings (SSSR count). The molecule has 0 fully saturated rings. The fraction of sp³-hybridized carbons (Fsp3) is 0.250. The van der Waals surface area contributed by atoms with Crippen LogP contribution in [0.15, 0.2) is 18.2 Å². The fourth-order valence-electron chi connectivity index (χ4n) is 0.843. The van der Waals surface area contributed by atoms with Gasteiger partial charge in [-0.05, 0) is 13.0 Å². The third-order valence-electron chi connectivity index (χ3n) is 1.42. The Morgan fingerprint density at radius 1 is 1.42 bits per heavy atom. The van der Waals surface area contributed by atoms with Gasteiger partial charge in [-0.25, -0.2) is 8.78 Å². The first-order valence-electron chi connectivity index (χ1n) is 3.25. The highest BCUT2D eigenvalue weighted by Gasteiger charge is 2.26. The van der Waals surface area contributed by atoms with Gasteiger partial charge in [-0.1, -0.05) is 35.3 Å². The van der Waals surface area contributed by atoms with Gasteiger partial charge in [-0.2, -0.15) is 0 Å². The van der Waals surface area contributed by atoms with Crippen molar-refractivity contribution in [1.29, 1.82) is 0 Å². The number of alkyl halides is 2. The first-order chi connectivity index (χ1) is 5.43. The quantitative estimate of drug-likeness (QED) is 0.618. The van der Waals surface area contributed by atoms with Gasteiger partial charge in [0.15, 0.2) is 0 Å². The van der Waals surface area contributed by atoms with Crippen molar-refractivity contribution in [1.82, 2.24) is 0 Å². The molecule has 0 nitrogen and oxygen atoms in total. The van der Waals surface area contributed by atoms with Gasteiger partial charge in [-0.3, -0.25) is 0 Å². The highest BCUT2D eigenvalue weighted by molar-refractivity contribution is 6.31. The molecule has 0 saturated carbocycles. The van der Waals surface area contributed by atoms with Gasteiger partial charge in [0, 0.05) is 5.56 Å². The topological polar surface area (TPSA) is 0 Å². The van der Waals surface area contributed by atoms with Crippen LogP contribution in [-0.2, 0) is 5.13 Å². The summed E-state index contributed by atoms with van der Waals surface area (Å²) in [7, 11) is 0. The highest BCUT2D eigenvalue weighted by atomic mass is 35.5. The van der Waals surface area contributed by atoms with Crippen LogP contribution in [0.2, 0.25) is 5.02 Å². The van der Waals surface area contributed by atoms with Gasteiger partial charge in [0.25, 0.3) is 0 Å². The molecule has 1 unspecified atom stereocenters. The minimum atomic E-state index is -2.21. The average molecular weight is 211 g/mol. The van der Waals surface area contributed by atoms with E-state index in [0.29, 0.717) is 0 Å². The molecule has 0 bridgehead atoms. The molecular formula is C8H6Cl2F2. The lowest BCUT2D eigenvalue weighted by Crippen LogP contribution is -2.08. The van der Waals surface area contributed by atoms with Crippen molar-refractivity contribution in [3.63, 3.8) is 0 Å². The van der Waals surface area contributed by atoms with Crippen molar-refractivity contribution in [2.45, 2.75) is 12.1 Å². The lowest BCUT2D eigenvalue weighted by atomic mass is 10.1. The third kappa shape index (κ3) is 1.87. The van der Waals surface area contributed by atoms with E-state index in [1.54, 1.807) is 0 Å². The molecule has 1 aromatic carbocycles. The maximum absolute atomic E-state index is 13.0. The molecule has 0 aliphatic rings. The zero-order chi connectivity index (χ0) is 9.35. The molecule has 1 aromatic rings. The first-order valence-corrected chi connectivity index (χ1v) is 4.01. The van der Waals surface area contributed by atoms with E-state index in [0.717, 1.165) is 6.92 Å². The van der Waals surface area contributed by atoms with E-state index in [2.05, 4.69) is 0 Å². The van der Waals surface area contributed by atoms with Crippen LogP contribution < -0.4 is 0 Å². The van der Waals surface area contributed by atoms with Gasteiger partial charge in [-0.15, -0.1) is 0 Å². The predicted octanol–water partition coefficient (Wildman–Crippen LogP) is 3.86. The Hall–Kier alpha value is -0.340. The van der Waals surface area contributed by atoms with Crippen molar-refractivity contribution >= 4 is 23.2 Å². The molecule has 0 aromatic heterocycles. The maximum atomic E-state index is 13.0. The Labute approximate surface area is 79.1 Å². The Bertz CT molecular complexity index is 292. The largest absolute Gasteiger partial charge is 0.221 e. The van der Waals surface area contributed by atoms with Crippen LogP contribution in [0.25, 0.3) is 0 Å². The van der Waals surface area contributed by atoms with Gasteiger partial charge in [0.2, 0.25) is 5.13 Å². The van der Waals surface area contributed by atoms with Crippen molar-refractivity contribution in [3.05, 3.63) is 34.6 Å². The molecule has 0 radical (unpaired) electrons. The molecular weight excluding hydrogens is 205 g/mol. The number of hydrogen-bond acceptors (Lipinski definition) is 0. The maximum Gasteiger partial charge on any atom is 0.208 e. The summed E-state index contributed by atoms with van der Waals surface area (Å²) < 4.78 is 26.1. The summed E-state index contributed by atoms with van der Waals surface area (Å²) in [5.41, 5.74) is -0.239. The monoisotopic (exact) mass is 210 g/mol. The zero-order valence-corrected chi connectivity index (χ0v) is 7.76. The smallest absolute Gasteiger partial charge is 0.208 e. The van der Waals surface area contributed by atoms with E-state index >= 15 is 0 Å². The van der Waals surface area contributed by atoms with E-state index in [-0.39, 0.29) is 10.6 Å². The predicted molar refractivity (Wildman–Crippen MR) is 45.7 cm³/mol. The Morgan fingerprint density at radius 2 is 2.00 bits per heavy atom. The second kappa shape index (κ2) is 3.19. The third-order valence-corrected chi connectivity index (χ3v) is 1.92. The molecule has 4 heteroatoms. The Morgan fingerprint density at radius 3 is 2.42 bits per heavy atom. The van der Waals surface area contributed by atoms with Gasteiger partial charge in [0.1, 0.15) is 5.82 Å². The summed E-state index contributed by atoms with van der Waals surface area (Å²) in [4.78, 5) is 0. The van der Waals surface area contributed by atoms with Gasteiger partial charge < -0.3 is 0 Å². The second-order valence-corrected chi connectivity index (χ2v) is 3.61. The molecule has 0 heterocycles. The molecule has 0 amide bonds. The van der Waals surface area contributed by atoms with E-state index in [1.807, 2.05) is 0 Å². The lowest BCUT2D eigenvalue weighted by Gasteiger charge is -2.12.